The maximum atomic E-state index is 12.7. The van der Waals surface area contributed by atoms with E-state index >= 15 is 0 Å². The fraction of sp³-hybridized carbons (Fsp3) is 0.350. The third kappa shape index (κ3) is 4.12. The molecule has 0 aliphatic carbocycles. The number of aromatic nitrogens is 3. The summed E-state index contributed by atoms with van der Waals surface area (Å²) in [7, 11) is 3.77. The number of pyridine rings is 1. The normalized spacial score (nSPS) is 15.7. The number of rotatable bonds is 3. The summed E-state index contributed by atoms with van der Waals surface area (Å²) in [5.41, 5.74) is 2.15. The highest BCUT2D eigenvalue weighted by Crippen LogP contribution is 2.25. The number of fused-ring (bicyclic) bond motifs is 1. The third-order valence-corrected chi connectivity index (χ3v) is 6.24. The van der Waals surface area contributed by atoms with Crippen LogP contribution in [0.3, 0.4) is 0 Å². The molecule has 1 aliphatic heterocycles. The molecule has 3 aromatic rings. The van der Waals surface area contributed by atoms with Gasteiger partial charge in [0.15, 0.2) is 0 Å². The Labute approximate surface area is 178 Å². The summed E-state index contributed by atoms with van der Waals surface area (Å²) in [6, 6.07) is 8.29. The highest BCUT2D eigenvalue weighted by molar-refractivity contribution is 14.1. The highest BCUT2D eigenvalue weighted by Gasteiger charge is 2.24. The average molecular weight is 490 g/mol. The molecule has 0 spiro atoms. The number of piperidine rings is 1. The quantitative estimate of drug-likeness (QED) is 0.447. The number of urea groups is 1. The van der Waals surface area contributed by atoms with E-state index in [-0.39, 0.29) is 12.1 Å². The van der Waals surface area contributed by atoms with Crippen molar-refractivity contribution in [2.75, 3.05) is 25.5 Å². The lowest BCUT2D eigenvalue weighted by molar-refractivity contribution is 0.180. The smallest absolute Gasteiger partial charge is 0.323 e. The number of amides is 2. The molecule has 1 saturated heterocycles. The van der Waals surface area contributed by atoms with E-state index in [2.05, 4.69) is 53.5 Å². The van der Waals surface area contributed by atoms with Crippen molar-refractivity contribution in [1.29, 1.82) is 0 Å². The number of aryl methyl sites for hydroxylation is 1. The van der Waals surface area contributed by atoms with Crippen molar-refractivity contribution in [2.45, 2.75) is 18.9 Å². The Bertz CT molecular complexity index is 995. The molecule has 1 aromatic carbocycles. The molecule has 2 amide bonds. The van der Waals surface area contributed by atoms with Gasteiger partial charge in [-0.2, -0.15) is 5.10 Å². The summed E-state index contributed by atoms with van der Waals surface area (Å²) in [6.45, 7) is 2.02. The van der Waals surface area contributed by atoms with Crippen molar-refractivity contribution in [1.82, 2.24) is 22.8 Å². The van der Waals surface area contributed by atoms with E-state index in [4.69, 9.17) is 0 Å². The van der Waals surface area contributed by atoms with Crippen LogP contribution in [0.4, 0.5) is 10.6 Å². The molecular weight excluding hydrogens is 467 g/mol. The summed E-state index contributed by atoms with van der Waals surface area (Å²) in [5, 5.41) is 9.26. The summed E-state index contributed by atoms with van der Waals surface area (Å²) in [5.74, 6) is 0.569. The molecule has 0 bridgehead atoms. The van der Waals surface area contributed by atoms with Crippen LogP contribution in [-0.4, -0.2) is 55.0 Å². The van der Waals surface area contributed by atoms with Crippen molar-refractivity contribution in [3.63, 3.8) is 0 Å². The largest absolute Gasteiger partial charge is 0.324 e. The fourth-order valence-corrected chi connectivity index (χ4v) is 4.10. The van der Waals surface area contributed by atoms with Gasteiger partial charge < -0.3 is 4.90 Å². The Balaban J connectivity index is 1.51. The number of carbonyl (C=O) groups excluding carboxylic acids is 1. The molecule has 7 nitrogen and oxygen atoms in total. The second kappa shape index (κ2) is 8.04. The highest BCUT2D eigenvalue weighted by atomic mass is 127. The maximum Gasteiger partial charge on any atom is 0.323 e. The van der Waals surface area contributed by atoms with Crippen molar-refractivity contribution in [3.05, 3.63) is 42.9 Å². The van der Waals surface area contributed by atoms with Crippen LogP contribution in [0.2, 0.25) is 0 Å². The Hall–Kier alpha value is -2.20. The second-order valence-corrected chi connectivity index (χ2v) is 8.58. The van der Waals surface area contributed by atoms with Gasteiger partial charge in [0.25, 0.3) is 0 Å². The Morgan fingerprint density at radius 1 is 1.18 bits per heavy atom. The first-order chi connectivity index (χ1) is 13.5. The Morgan fingerprint density at radius 2 is 1.96 bits per heavy atom. The van der Waals surface area contributed by atoms with E-state index in [1.54, 1.807) is 10.9 Å². The first kappa shape index (κ1) is 19.1. The number of hydrogen-bond donors (Lipinski definition) is 1. The van der Waals surface area contributed by atoms with Crippen LogP contribution in [0.5, 0.6) is 0 Å². The van der Waals surface area contributed by atoms with Crippen LogP contribution in [0.1, 0.15) is 12.8 Å². The zero-order valence-corrected chi connectivity index (χ0v) is 18.1. The van der Waals surface area contributed by atoms with Gasteiger partial charge in [0.05, 0.1) is 6.20 Å². The molecule has 28 heavy (non-hydrogen) atoms. The van der Waals surface area contributed by atoms with E-state index in [0.717, 1.165) is 47.8 Å². The lowest BCUT2D eigenvalue weighted by atomic mass is 10.0. The van der Waals surface area contributed by atoms with Gasteiger partial charge >= 0.3 is 6.03 Å². The van der Waals surface area contributed by atoms with Gasteiger partial charge in [-0.05, 0) is 35.9 Å². The van der Waals surface area contributed by atoms with Crippen LogP contribution in [0.15, 0.2) is 42.9 Å². The first-order valence-electron chi connectivity index (χ1n) is 9.33. The molecular formula is C20H23IN6O. The molecule has 4 rings (SSSR count). The van der Waals surface area contributed by atoms with Gasteiger partial charge in [0.2, 0.25) is 0 Å². The molecule has 8 heteroatoms. The number of nitrogens with zero attached hydrogens (tertiary/aromatic N) is 5. The lowest BCUT2D eigenvalue weighted by Crippen LogP contribution is -2.45. The summed E-state index contributed by atoms with van der Waals surface area (Å²) >= 11 is 2.34. The molecule has 0 unspecified atom stereocenters. The van der Waals surface area contributed by atoms with Crippen LogP contribution >= 0.6 is 22.9 Å². The molecule has 0 saturated carbocycles. The number of hydrogen-bond acceptors (Lipinski definition) is 4. The van der Waals surface area contributed by atoms with Gasteiger partial charge in [-0.15, -0.1) is 0 Å². The van der Waals surface area contributed by atoms with Gasteiger partial charge in [-0.1, -0.05) is 12.1 Å². The van der Waals surface area contributed by atoms with E-state index in [9.17, 15) is 4.79 Å². The molecule has 146 valence electrons. The minimum atomic E-state index is -0.109. The minimum absolute atomic E-state index is 0.109. The number of benzene rings is 1. The maximum absolute atomic E-state index is 12.7. The van der Waals surface area contributed by atoms with Gasteiger partial charge in [0, 0.05) is 79.4 Å². The summed E-state index contributed by atoms with van der Waals surface area (Å²) in [4.78, 5) is 18.9. The van der Waals surface area contributed by atoms with Crippen molar-refractivity contribution >= 4 is 45.5 Å². The van der Waals surface area contributed by atoms with Crippen LogP contribution in [0, 0.1) is 0 Å². The van der Waals surface area contributed by atoms with E-state index in [1.165, 1.54) is 0 Å². The minimum Gasteiger partial charge on any atom is -0.324 e. The number of halogens is 1. The molecule has 1 N–H and O–H groups in total. The van der Waals surface area contributed by atoms with Gasteiger partial charge in [-0.25, -0.2) is 12.9 Å². The molecule has 0 atom stereocenters. The summed E-state index contributed by atoms with van der Waals surface area (Å²) < 4.78 is 4.06. The van der Waals surface area contributed by atoms with Crippen molar-refractivity contribution < 1.29 is 4.79 Å². The van der Waals surface area contributed by atoms with Gasteiger partial charge in [0.1, 0.15) is 5.82 Å². The topological polar surface area (TPSA) is 66.3 Å². The zero-order valence-electron chi connectivity index (χ0n) is 16.0. The van der Waals surface area contributed by atoms with Crippen molar-refractivity contribution in [2.24, 2.45) is 7.05 Å². The Morgan fingerprint density at radius 3 is 2.68 bits per heavy atom. The second-order valence-electron chi connectivity index (χ2n) is 7.22. The van der Waals surface area contributed by atoms with Crippen molar-refractivity contribution in [3.8, 4) is 11.1 Å². The third-order valence-electron chi connectivity index (χ3n) is 5.27. The van der Waals surface area contributed by atoms with Crippen LogP contribution < -0.4 is 5.32 Å². The molecule has 0 radical (unpaired) electrons. The number of carbonyl (C=O) groups is 1. The van der Waals surface area contributed by atoms with Crippen LogP contribution in [0.25, 0.3) is 21.9 Å². The van der Waals surface area contributed by atoms with E-state index in [0.29, 0.717) is 5.82 Å². The number of anilines is 1. The molecule has 1 fully saturated rings. The average Bonchev–Trinajstić information content (AvgIpc) is 3.14. The van der Waals surface area contributed by atoms with E-state index < -0.39 is 0 Å². The zero-order chi connectivity index (χ0) is 19.7. The van der Waals surface area contributed by atoms with Crippen LogP contribution in [-0.2, 0) is 7.05 Å². The van der Waals surface area contributed by atoms with Gasteiger partial charge in [-0.3, -0.25) is 10.00 Å². The SMILES string of the molecule is CN(C(=O)Nc1cc2cc(-c3cnn(C)c3)ccc2cn1)C1CCN(I)CC1. The fourth-order valence-electron chi connectivity index (χ4n) is 3.54. The molecule has 1 aliphatic rings. The summed E-state index contributed by atoms with van der Waals surface area (Å²) in [6.07, 6.45) is 7.62. The monoisotopic (exact) mass is 490 g/mol. The van der Waals surface area contributed by atoms with E-state index in [1.807, 2.05) is 43.5 Å². The first-order valence-corrected chi connectivity index (χ1v) is 10.3. The molecule has 2 aromatic heterocycles. The number of nitrogens with one attached hydrogen (secondary N) is 1. The standard InChI is InChI=1S/C20H23IN6O/c1-25-13-17(12-23-25)14-3-4-15-11-22-19(10-16(15)9-14)24-20(28)26(2)18-5-7-27(21)8-6-18/h3-4,9-13,18H,5-8H2,1-2H3,(H,22,24,28). The lowest BCUT2D eigenvalue weighted by Gasteiger charge is -2.34. The Kier molecular flexibility index (Phi) is 5.49. The predicted octanol–water partition coefficient (Wildman–Crippen LogP) is 3.91. The molecule has 3 heterocycles. The predicted molar refractivity (Wildman–Crippen MR) is 119 cm³/mol.